The fourth-order valence-electron chi connectivity index (χ4n) is 1.01. The summed E-state index contributed by atoms with van der Waals surface area (Å²) >= 11 is 17.5. The van der Waals surface area contributed by atoms with Crippen LogP contribution in [0.3, 0.4) is 0 Å². The number of hydrogen-bond donors (Lipinski definition) is 0. The van der Waals surface area contributed by atoms with Gasteiger partial charge in [0.25, 0.3) is 0 Å². The fraction of sp³-hybridized carbons (Fsp3) is 0.182. The SMILES string of the molecule is C/C=C/COC(=O)c1c(Cl)ccc(Cl)c1Cl. The Bertz CT molecular complexity index is 427. The predicted octanol–water partition coefficient (Wildman–Crippen LogP) is 4.38. The number of ether oxygens (including phenoxy) is 1. The van der Waals surface area contributed by atoms with E-state index < -0.39 is 5.97 Å². The maximum absolute atomic E-state index is 11.6. The number of benzene rings is 1. The van der Waals surface area contributed by atoms with Crippen LogP contribution in [0.5, 0.6) is 0 Å². The van der Waals surface area contributed by atoms with Crippen LogP contribution in [0.15, 0.2) is 24.3 Å². The molecule has 1 aromatic rings. The molecule has 0 radical (unpaired) electrons. The lowest BCUT2D eigenvalue weighted by molar-refractivity contribution is 0.0550. The van der Waals surface area contributed by atoms with E-state index in [-0.39, 0.29) is 27.2 Å². The van der Waals surface area contributed by atoms with Gasteiger partial charge in [-0.3, -0.25) is 0 Å². The maximum atomic E-state index is 11.6. The Hall–Kier alpha value is -0.700. The second kappa shape index (κ2) is 6.14. The Morgan fingerprint density at radius 2 is 1.94 bits per heavy atom. The third kappa shape index (κ3) is 3.14. The van der Waals surface area contributed by atoms with Crippen LogP contribution in [0.1, 0.15) is 17.3 Å². The van der Waals surface area contributed by atoms with Gasteiger partial charge < -0.3 is 4.74 Å². The molecule has 1 aromatic carbocycles. The van der Waals surface area contributed by atoms with Gasteiger partial charge in [0.05, 0.1) is 20.6 Å². The zero-order chi connectivity index (χ0) is 12.1. The van der Waals surface area contributed by atoms with Gasteiger partial charge in [-0.25, -0.2) is 4.79 Å². The van der Waals surface area contributed by atoms with Crippen LogP contribution in [0.2, 0.25) is 15.1 Å². The van der Waals surface area contributed by atoms with Gasteiger partial charge in [-0.15, -0.1) is 0 Å². The van der Waals surface area contributed by atoms with Gasteiger partial charge in [-0.2, -0.15) is 0 Å². The summed E-state index contributed by atoms with van der Waals surface area (Å²) in [5.74, 6) is -0.587. The third-order valence-corrected chi connectivity index (χ3v) is 2.91. The average molecular weight is 280 g/mol. The molecule has 0 aliphatic rings. The quantitative estimate of drug-likeness (QED) is 0.466. The lowest BCUT2D eigenvalue weighted by atomic mass is 10.2. The molecule has 0 heterocycles. The number of halogens is 3. The van der Waals surface area contributed by atoms with Crippen molar-refractivity contribution in [2.45, 2.75) is 6.92 Å². The van der Waals surface area contributed by atoms with Gasteiger partial charge in [0, 0.05) is 0 Å². The number of allylic oxidation sites excluding steroid dienone is 1. The van der Waals surface area contributed by atoms with E-state index in [1.807, 2.05) is 6.92 Å². The van der Waals surface area contributed by atoms with Crippen molar-refractivity contribution in [2.24, 2.45) is 0 Å². The van der Waals surface area contributed by atoms with E-state index in [1.165, 1.54) is 12.1 Å². The van der Waals surface area contributed by atoms with E-state index in [9.17, 15) is 4.79 Å². The van der Waals surface area contributed by atoms with Crippen molar-refractivity contribution < 1.29 is 9.53 Å². The van der Waals surface area contributed by atoms with Gasteiger partial charge >= 0.3 is 5.97 Å². The van der Waals surface area contributed by atoms with Gasteiger partial charge in [-0.05, 0) is 19.1 Å². The van der Waals surface area contributed by atoms with Crippen molar-refractivity contribution in [3.63, 3.8) is 0 Å². The molecule has 0 aliphatic carbocycles. The lowest BCUT2D eigenvalue weighted by Gasteiger charge is -2.07. The monoisotopic (exact) mass is 278 g/mol. The molecule has 1 rings (SSSR count). The van der Waals surface area contributed by atoms with Gasteiger partial charge in [0.15, 0.2) is 0 Å². The van der Waals surface area contributed by atoms with E-state index in [0.717, 1.165) is 0 Å². The first-order valence-electron chi connectivity index (χ1n) is 4.49. The summed E-state index contributed by atoms with van der Waals surface area (Å²) in [5.41, 5.74) is 0.0975. The minimum Gasteiger partial charge on any atom is -0.458 e. The van der Waals surface area contributed by atoms with Crippen molar-refractivity contribution in [3.05, 3.63) is 44.9 Å². The highest BCUT2D eigenvalue weighted by molar-refractivity contribution is 6.46. The summed E-state index contributed by atoms with van der Waals surface area (Å²) in [6.07, 6.45) is 3.47. The fourth-order valence-corrected chi connectivity index (χ4v) is 1.69. The van der Waals surface area contributed by atoms with Crippen molar-refractivity contribution in [1.29, 1.82) is 0 Å². The molecule has 0 bridgehead atoms. The van der Waals surface area contributed by atoms with Crippen molar-refractivity contribution >= 4 is 40.8 Å². The molecule has 0 N–H and O–H groups in total. The Balaban J connectivity index is 2.94. The van der Waals surface area contributed by atoms with Crippen LogP contribution in [-0.4, -0.2) is 12.6 Å². The molecule has 0 saturated heterocycles. The first-order valence-corrected chi connectivity index (χ1v) is 5.63. The first-order chi connectivity index (χ1) is 7.57. The number of hydrogen-bond acceptors (Lipinski definition) is 2. The number of carbonyl (C=O) groups is 1. The van der Waals surface area contributed by atoms with Crippen LogP contribution in [-0.2, 0) is 4.74 Å². The summed E-state index contributed by atoms with van der Waals surface area (Å²) in [7, 11) is 0. The van der Waals surface area contributed by atoms with E-state index in [1.54, 1.807) is 12.2 Å². The zero-order valence-corrected chi connectivity index (χ0v) is 10.7. The maximum Gasteiger partial charge on any atom is 0.341 e. The normalized spacial score (nSPS) is 10.8. The van der Waals surface area contributed by atoms with Crippen LogP contribution < -0.4 is 0 Å². The number of rotatable bonds is 3. The highest BCUT2D eigenvalue weighted by Crippen LogP contribution is 2.31. The Morgan fingerprint density at radius 1 is 1.31 bits per heavy atom. The summed E-state index contributed by atoms with van der Waals surface area (Å²) in [5, 5.41) is 0.601. The highest BCUT2D eigenvalue weighted by atomic mass is 35.5. The Labute approximate surface area is 109 Å². The van der Waals surface area contributed by atoms with E-state index in [0.29, 0.717) is 0 Å². The van der Waals surface area contributed by atoms with Crippen LogP contribution in [0.25, 0.3) is 0 Å². The third-order valence-electron chi connectivity index (χ3n) is 1.79. The summed E-state index contributed by atoms with van der Waals surface area (Å²) in [6, 6.07) is 3.02. The van der Waals surface area contributed by atoms with E-state index in [2.05, 4.69) is 0 Å². The molecule has 0 fully saturated rings. The smallest absolute Gasteiger partial charge is 0.341 e. The molecule has 86 valence electrons. The van der Waals surface area contributed by atoms with Crippen LogP contribution in [0.4, 0.5) is 0 Å². The summed E-state index contributed by atoms with van der Waals surface area (Å²) < 4.78 is 4.93. The molecular formula is C11H9Cl3O2. The second-order valence-corrected chi connectivity index (χ2v) is 4.08. The largest absolute Gasteiger partial charge is 0.458 e. The lowest BCUT2D eigenvalue weighted by Crippen LogP contribution is -2.07. The summed E-state index contributed by atoms with van der Waals surface area (Å²) in [6.45, 7) is 2.00. The minimum atomic E-state index is -0.587. The van der Waals surface area contributed by atoms with Gasteiger partial charge in [0.1, 0.15) is 6.61 Å². The molecule has 0 atom stereocenters. The molecule has 0 saturated carbocycles. The number of esters is 1. The molecule has 0 unspecified atom stereocenters. The van der Waals surface area contributed by atoms with E-state index >= 15 is 0 Å². The van der Waals surface area contributed by atoms with Crippen molar-refractivity contribution in [3.8, 4) is 0 Å². The average Bonchev–Trinajstić information content (AvgIpc) is 2.24. The van der Waals surface area contributed by atoms with E-state index in [4.69, 9.17) is 39.5 Å². The van der Waals surface area contributed by atoms with Crippen molar-refractivity contribution in [1.82, 2.24) is 0 Å². The molecular weight excluding hydrogens is 270 g/mol. The zero-order valence-electron chi connectivity index (χ0n) is 8.47. The molecule has 0 aliphatic heterocycles. The molecule has 2 nitrogen and oxygen atoms in total. The molecule has 5 heteroatoms. The topological polar surface area (TPSA) is 26.3 Å². The minimum absolute atomic E-state index is 0.0975. The van der Waals surface area contributed by atoms with Crippen molar-refractivity contribution in [2.75, 3.05) is 6.61 Å². The molecule has 0 amide bonds. The highest BCUT2D eigenvalue weighted by Gasteiger charge is 2.18. The van der Waals surface area contributed by atoms with Gasteiger partial charge in [-0.1, -0.05) is 47.0 Å². The molecule has 0 aromatic heterocycles. The molecule has 16 heavy (non-hydrogen) atoms. The van der Waals surface area contributed by atoms with Crippen LogP contribution >= 0.6 is 34.8 Å². The van der Waals surface area contributed by atoms with Gasteiger partial charge in [0.2, 0.25) is 0 Å². The molecule has 0 spiro atoms. The van der Waals surface area contributed by atoms with Crippen LogP contribution in [0, 0.1) is 0 Å². The number of carbonyl (C=O) groups excluding carboxylic acids is 1. The Morgan fingerprint density at radius 3 is 2.56 bits per heavy atom. The first kappa shape index (κ1) is 13.4. The Kier molecular flexibility index (Phi) is 5.13. The second-order valence-electron chi connectivity index (χ2n) is 2.89. The predicted molar refractivity (Wildman–Crippen MR) is 66.6 cm³/mol. The standard InChI is InChI=1S/C11H9Cl3O2/c1-2-3-6-16-11(15)9-7(12)4-5-8(13)10(9)14/h2-5H,6H2,1H3/b3-2+. The summed E-state index contributed by atoms with van der Waals surface area (Å²) in [4.78, 5) is 11.6.